The maximum Gasteiger partial charge on any atom is 0.237 e. The number of amides is 1. The van der Waals surface area contributed by atoms with Crippen LogP contribution in [0.25, 0.3) is 10.9 Å². The molecule has 1 amide bonds. The Kier molecular flexibility index (Phi) is 4.81. The van der Waals surface area contributed by atoms with Crippen LogP contribution in [0, 0.1) is 0 Å². The molecule has 0 bridgehead atoms. The second kappa shape index (κ2) is 7.75. The van der Waals surface area contributed by atoms with Crippen molar-refractivity contribution in [1.29, 1.82) is 0 Å². The lowest BCUT2D eigenvalue weighted by Crippen LogP contribution is -2.40. The molecular formula is C22H24N6O. The van der Waals surface area contributed by atoms with Crippen LogP contribution < -0.4 is 5.32 Å². The molecule has 148 valence electrons. The van der Waals surface area contributed by atoms with Gasteiger partial charge < -0.3 is 10.2 Å². The van der Waals surface area contributed by atoms with Gasteiger partial charge in [-0.15, -0.1) is 0 Å². The Morgan fingerprint density at radius 3 is 2.79 bits per heavy atom. The summed E-state index contributed by atoms with van der Waals surface area (Å²) in [5, 5.41) is 4.45. The second-order valence-corrected chi connectivity index (χ2v) is 7.78. The van der Waals surface area contributed by atoms with Gasteiger partial charge in [0.2, 0.25) is 5.91 Å². The summed E-state index contributed by atoms with van der Waals surface area (Å²) in [7, 11) is 0. The van der Waals surface area contributed by atoms with Crippen LogP contribution >= 0.6 is 0 Å². The van der Waals surface area contributed by atoms with Gasteiger partial charge in [0.1, 0.15) is 12.1 Å². The van der Waals surface area contributed by atoms with Crippen LogP contribution in [0.5, 0.6) is 0 Å². The van der Waals surface area contributed by atoms with Crippen molar-refractivity contribution >= 4 is 28.3 Å². The van der Waals surface area contributed by atoms with Gasteiger partial charge in [-0.2, -0.15) is 0 Å². The van der Waals surface area contributed by atoms with E-state index in [0.717, 1.165) is 46.8 Å². The van der Waals surface area contributed by atoms with Crippen molar-refractivity contribution in [2.75, 3.05) is 25.0 Å². The molecule has 29 heavy (non-hydrogen) atoms. The van der Waals surface area contributed by atoms with Crippen molar-refractivity contribution < 1.29 is 4.79 Å². The van der Waals surface area contributed by atoms with Crippen molar-refractivity contribution in [2.45, 2.75) is 32.4 Å². The van der Waals surface area contributed by atoms with Gasteiger partial charge >= 0.3 is 0 Å². The summed E-state index contributed by atoms with van der Waals surface area (Å²) >= 11 is 0. The van der Waals surface area contributed by atoms with Gasteiger partial charge in [0, 0.05) is 10.9 Å². The molecule has 1 N–H and O–H groups in total. The predicted octanol–water partition coefficient (Wildman–Crippen LogP) is 3.10. The summed E-state index contributed by atoms with van der Waals surface area (Å²) in [6.07, 6.45) is 7.02. The highest BCUT2D eigenvalue weighted by atomic mass is 16.2. The molecule has 2 aliphatic heterocycles. The highest BCUT2D eigenvalue weighted by molar-refractivity contribution is 5.83. The summed E-state index contributed by atoms with van der Waals surface area (Å²) in [6, 6.07) is 10.1. The first-order valence-electron chi connectivity index (χ1n) is 10.2. The van der Waals surface area contributed by atoms with Crippen molar-refractivity contribution in [2.24, 2.45) is 0 Å². The van der Waals surface area contributed by atoms with Crippen LogP contribution in [0.15, 0.2) is 42.9 Å². The number of likely N-dealkylation sites (tertiary alicyclic amines) is 1. The molecule has 0 unspecified atom stereocenters. The molecule has 4 heterocycles. The molecule has 1 aromatic carbocycles. The quantitative estimate of drug-likeness (QED) is 0.740. The minimum absolute atomic E-state index is 0.170. The minimum Gasteiger partial charge on any atom is -0.339 e. The lowest BCUT2D eigenvalue weighted by Gasteiger charge is -2.27. The lowest BCUT2D eigenvalue weighted by atomic mass is 10.1. The van der Waals surface area contributed by atoms with Gasteiger partial charge in [-0.3, -0.25) is 14.7 Å². The van der Waals surface area contributed by atoms with E-state index in [2.05, 4.69) is 31.2 Å². The van der Waals surface area contributed by atoms with Crippen molar-refractivity contribution in [3.05, 3.63) is 54.1 Å². The maximum absolute atomic E-state index is 12.8. The fraction of sp³-hybridized carbons (Fsp3) is 0.364. The SMILES string of the molecule is O=C(CN1CCCCC1)N1Cc2ncnc(Nc3cnc4ccccc4c3)c2C1. The number of fused-ring (bicyclic) bond motifs is 2. The predicted molar refractivity (Wildman–Crippen MR) is 112 cm³/mol. The summed E-state index contributed by atoms with van der Waals surface area (Å²) in [5.74, 6) is 0.920. The first-order chi connectivity index (χ1) is 14.3. The maximum atomic E-state index is 12.8. The highest BCUT2D eigenvalue weighted by Crippen LogP contribution is 2.29. The number of carbonyl (C=O) groups is 1. The fourth-order valence-electron chi connectivity index (χ4n) is 4.15. The number of hydrogen-bond donors (Lipinski definition) is 1. The van der Waals surface area contributed by atoms with Crippen molar-refractivity contribution in [1.82, 2.24) is 24.8 Å². The van der Waals surface area contributed by atoms with Crippen LogP contribution in [-0.2, 0) is 17.9 Å². The Bertz CT molecular complexity index is 1050. The van der Waals surface area contributed by atoms with Gasteiger partial charge in [-0.1, -0.05) is 24.6 Å². The van der Waals surface area contributed by atoms with Gasteiger partial charge in [0.15, 0.2) is 0 Å². The smallest absolute Gasteiger partial charge is 0.237 e. The van der Waals surface area contributed by atoms with Crippen LogP contribution in [0.4, 0.5) is 11.5 Å². The number of aromatic nitrogens is 3. The molecule has 1 saturated heterocycles. The molecule has 0 radical (unpaired) electrons. The molecule has 0 spiro atoms. The van der Waals surface area contributed by atoms with Gasteiger partial charge in [-0.25, -0.2) is 9.97 Å². The Morgan fingerprint density at radius 1 is 1.03 bits per heavy atom. The van der Waals surface area contributed by atoms with Gasteiger partial charge in [0.05, 0.1) is 42.7 Å². The normalized spacial score (nSPS) is 16.8. The van der Waals surface area contributed by atoms with Crippen LogP contribution in [0.3, 0.4) is 0 Å². The molecule has 3 aromatic rings. The first-order valence-corrected chi connectivity index (χ1v) is 10.2. The van der Waals surface area contributed by atoms with E-state index in [0.29, 0.717) is 19.6 Å². The van der Waals surface area contributed by atoms with Crippen LogP contribution in [0.2, 0.25) is 0 Å². The molecular weight excluding hydrogens is 364 g/mol. The average molecular weight is 388 g/mol. The molecule has 1 fully saturated rings. The molecule has 2 aliphatic rings. The molecule has 0 aliphatic carbocycles. The molecule has 7 heteroatoms. The monoisotopic (exact) mass is 388 g/mol. The summed E-state index contributed by atoms with van der Waals surface area (Å²) in [6.45, 7) is 3.64. The number of anilines is 2. The Hall–Kier alpha value is -3.06. The third-order valence-corrected chi connectivity index (χ3v) is 5.74. The van der Waals surface area contributed by atoms with E-state index in [1.54, 1.807) is 6.33 Å². The number of nitrogens with zero attached hydrogens (tertiary/aromatic N) is 5. The number of carbonyl (C=O) groups excluding carboxylic acids is 1. The second-order valence-electron chi connectivity index (χ2n) is 7.78. The van der Waals surface area contributed by atoms with E-state index in [4.69, 9.17) is 0 Å². The van der Waals surface area contributed by atoms with E-state index in [1.165, 1.54) is 19.3 Å². The van der Waals surface area contributed by atoms with E-state index >= 15 is 0 Å². The standard InChI is InChI=1S/C22H24N6O/c29-21(14-27-8-4-1-5-9-27)28-12-18-20(13-28)24-15-25-22(18)26-17-10-16-6-2-3-7-19(16)23-11-17/h2-3,6-7,10-11,15H,1,4-5,8-9,12-14H2,(H,24,25,26). The van der Waals surface area contributed by atoms with E-state index < -0.39 is 0 Å². The third kappa shape index (κ3) is 3.78. The molecule has 0 atom stereocenters. The Balaban J connectivity index is 1.32. The number of hydrogen-bond acceptors (Lipinski definition) is 6. The highest BCUT2D eigenvalue weighted by Gasteiger charge is 2.28. The van der Waals surface area contributed by atoms with Crippen molar-refractivity contribution in [3.8, 4) is 0 Å². The van der Waals surface area contributed by atoms with E-state index in [1.807, 2.05) is 35.4 Å². The zero-order valence-electron chi connectivity index (χ0n) is 16.3. The molecule has 7 nitrogen and oxygen atoms in total. The lowest BCUT2D eigenvalue weighted by molar-refractivity contribution is -0.133. The number of pyridine rings is 1. The van der Waals surface area contributed by atoms with Crippen molar-refractivity contribution in [3.63, 3.8) is 0 Å². The Morgan fingerprint density at radius 2 is 1.90 bits per heavy atom. The fourth-order valence-corrected chi connectivity index (χ4v) is 4.15. The minimum atomic E-state index is 0.170. The number of benzene rings is 1. The third-order valence-electron chi connectivity index (χ3n) is 5.74. The molecule has 2 aromatic heterocycles. The molecule has 5 rings (SSSR count). The van der Waals surface area contributed by atoms with E-state index in [9.17, 15) is 4.79 Å². The number of nitrogens with one attached hydrogen (secondary N) is 1. The van der Waals surface area contributed by atoms with Gasteiger partial charge in [0.25, 0.3) is 0 Å². The summed E-state index contributed by atoms with van der Waals surface area (Å²) in [5.41, 5.74) is 3.75. The number of para-hydroxylation sites is 1. The van der Waals surface area contributed by atoms with E-state index in [-0.39, 0.29) is 5.91 Å². The summed E-state index contributed by atoms with van der Waals surface area (Å²) < 4.78 is 0. The number of piperidine rings is 1. The molecule has 0 saturated carbocycles. The summed E-state index contributed by atoms with van der Waals surface area (Å²) in [4.78, 5) is 30.3. The number of rotatable bonds is 4. The largest absolute Gasteiger partial charge is 0.339 e. The Labute approximate surface area is 169 Å². The zero-order chi connectivity index (χ0) is 19.6. The zero-order valence-corrected chi connectivity index (χ0v) is 16.3. The first kappa shape index (κ1) is 18.0. The van der Waals surface area contributed by atoms with Crippen LogP contribution in [0.1, 0.15) is 30.5 Å². The van der Waals surface area contributed by atoms with Crippen LogP contribution in [-0.4, -0.2) is 50.3 Å². The topological polar surface area (TPSA) is 74.2 Å². The van der Waals surface area contributed by atoms with Gasteiger partial charge in [-0.05, 0) is 38.1 Å². The average Bonchev–Trinajstić information content (AvgIpc) is 3.20.